The van der Waals surface area contributed by atoms with Gasteiger partial charge in [0.05, 0.1) is 16.1 Å². The molecule has 3 heterocycles. The molecule has 7 heteroatoms. The number of carbonyl (C=O) groups excluding carboxylic acids is 2. The Balaban J connectivity index is 1.50. The smallest absolute Gasteiger partial charge is 0.291 e. The molecule has 2 N–H and O–H groups in total. The van der Waals surface area contributed by atoms with Crippen LogP contribution >= 0.6 is 11.3 Å². The molecule has 1 aliphatic heterocycles. The average molecular weight is 375 g/mol. The molecule has 2 aromatic rings. The van der Waals surface area contributed by atoms with Gasteiger partial charge in [-0.05, 0) is 76.0 Å². The summed E-state index contributed by atoms with van der Waals surface area (Å²) < 4.78 is 5.08. The zero-order valence-corrected chi connectivity index (χ0v) is 16.0. The fourth-order valence-corrected chi connectivity index (χ4v) is 4.16. The number of hydrogen-bond donors (Lipinski definition) is 2. The Labute approximate surface area is 157 Å². The summed E-state index contributed by atoms with van der Waals surface area (Å²) in [6, 6.07) is 5.08. The van der Waals surface area contributed by atoms with Crippen molar-refractivity contribution in [3.05, 3.63) is 40.7 Å². The lowest BCUT2D eigenvalue weighted by atomic mass is 9.94. The lowest BCUT2D eigenvalue weighted by Crippen LogP contribution is -2.32. The van der Waals surface area contributed by atoms with Crippen LogP contribution in [0.3, 0.4) is 0 Å². The van der Waals surface area contributed by atoms with Crippen LogP contribution in [0.1, 0.15) is 45.1 Å². The maximum absolute atomic E-state index is 12.4. The molecule has 3 rings (SSSR count). The maximum atomic E-state index is 12.4. The van der Waals surface area contributed by atoms with Crippen LogP contribution in [0.25, 0.3) is 0 Å². The number of hydrogen-bond acceptors (Lipinski definition) is 5. The van der Waals surface area contributed by atoms with Crippen molar-refractivity contribution in [2.75, 3.05) is 32.0 Å². The molecule has 0 atom stereocenters. The first kappa shape index (κ1) is 18.7. The summed E-state index contributed by atoms with van der Waals surface area (Å²) >= 11 is 1.29. The molecule has 1 saturated heterocycles. The van der Waals surface area contributed by atoms with Crippen LogP contribution in [0.2, 0.25) is 0 Å². The van der Waals surface area contributed by atoms with Crippen LogP contribution in [0, 0.1) is 12.8 Å². The van der Waals surface area contributed by atoms with Crippen LogP contribution in [-0.4, -0.2) is 43.4 Å². The van der Waals surface area contributed by atoms with E-state index in [1.54, 1.807) is 12.1 Å². The number of thiophene rings is 1. The van der Waals surface area contributed by atoms with Gasteiger partial charge in [0.15, 0.2) is 5.76 Å². The summed E-state index contributed by atoms with van der Waals surface area (Å²) in [5.74, 6) is 0.559. The van der Waals surface area contributed by atoms with Gasteiger partial charge < -0.3 is 20.0 Å². The molecule has 0 aliphatic carbocycles. The number of amides is 2. The first-order valence-electron chi connectivity index (χ1n) is 8.95. The Morgan fingerprint density at radius 2 is 2.08 bits per heavy atom. The van der Waals surface area contributed by atoms with Crippen molar-refractivity contribution < 1.29 is 14.0 Å². The van der Waals surface area contributed by atoms with Crippen LogP contribution < -0.4 is 10.6 Å². The average Bonchev–Trinajstić information content (AvgIpc) is 3.26. The third-order valence-electron chi connectivity index (χ3n) is 4.78. The van der Waals surface area contributed by atoms with E-state index in [0.29, 0.717) is 22.3 Å². The largest absolute Gasteiger partial charge is 0.459 e. The second-order valence-corrected chi connectivity index (χ2v) is 7.90. The molecule has 0 spiro atoms. The summed E-state index contributed by atoms with van der Waals surface area (Å²) in [4.78, 5) is 27.5. The predicted octanol–water partition coefficient (Wildman–Crippen LogP) is 3.36. The highest BCUT2D eigenvalue weighted by Gasteiger charge is 2.19. The van der Waals surface area contributed by atoms with Crippen molar-refractivity contribution in [2.24, 2.45) is 5.92 Å². The third-order valence-corrected chi connectivity index (χ3v) is 5.93. The van der Waals surface area contributed by atoms with Crippen LogP contribution in [0.15, 0.2) is 28.9 Å². The molecule has 1 aliphatic rings. The number of likely N-dealkylation sites (tertiary alicyclic amines) is 1. The molecule has 2 amide bonds. The van der Waals surface area contributed by atoms with Crippen molar-refractivity contribution in [3.8, 4) is 0 Å². The number of furan rings is 1. The molecular formula is C19H25N3O3S. The lowest BCUT2D eigenvalue weighted by Gasteiger charge is -2.28. The van der Waals surface area contributed by atoms with Gasteiger partial charge in [-0.2, -0.15) is 0 Å². The van der Waals surface area contributed by atoms with E-state index in [4.69, 9.17) is 4.42 Å². The Morgan fingerprint density at radius 3 is 2.77 bits per heavy atom. The summed E-state index contributed by atoms with van der Waals surface area (Å²) in [6.45, 7) is 4.85. The fraction of sp³-hybridized carbons (Fsp3) is 0.474. The minimum Gasteiger partial charge on any atom is -0.459 e. The highest BCUT2D eigenvalue weighted by molar-refractivity contribution is 7.18. The van der Waals surface area contributed by atoms with Gasteiger partial charge in [-0.1, -0.05) is 0 Å². The Hall–Kier alpha value is -2.12. The van der Waals surface area contributed by atoms with Gasteiger partial charge >= 0.3 is 0 Å². The number of nitrogens with one attached hydrogen (secondary N) is 2. The molecule has 0 aromatic carbocycles. The molecule has 26 heavy (non-hydrogen) atoms. The Morgan fingerprint density at radius 1 is 1.31 bits per heavy atom. The van der Waals surface area contributed by atoms with Crippen molar-refractivity contribution >= 4 is 28.2 Å². The second kappa shape index (κ2) is 8.51. The summed E-state index contributed by atoms with van der Waals surface area (Å²) in [6.07, 6.45) is 4.88. The minimum atomic E-state index is -0.314. The first-order valence-corrected chi connectivity index (χ1v) is 9.76. The van der Waals surface area contributed by atoms with E-state index in [1.807, 2.05) is 13.0 Å². The maximum Gasteiger partial charge on any atom is 0.291 e. The second-order valence-electron chi connectivity index (χ2n) is 6.85. The molecule has 0 bridgehead atoms. The number of rotatable bonds is 6. The molecule has 140 valence electrons. The van der Waals surface area contributed by atoms with Crippen LogP contribution in [-0.2, 0) is 0 Å². The number of nitrogens with zero attached hydrogens (tertiary/aromatic N) is 1. The van der Waals surface area contributed by atoms with Gasteiger partial charge in [0.25, 0.3) is 11.8 Å². The number of aryl methyl sites for hydroxylation is 1. The number of carbonyl (C=O) groups is 2. The highest BCUT2D eigenvalue weighted by atomic mass is 32.1. The monoisotopic (exact) mass is 375 g/mol. The molecular weight excluding hydrogens is 350 g/mol. The van der Waals surface area contributed by atoms with Gasteiger partial charge in [-0.15, -0.1) is 11.3 Å². The molecule has 1 fully saturated rings. The molecule has 6 nitrogen and oxygen atoms in total. The van der Waals surface area contributed by atoms with Crippen molar-refractivity contribution in [2.45, 2.75) is 26.2 Å². The summed E-state index contributed by atoms with van der Waals surface area (Å²) in [5, 5.41) is 6.44. The quantitative estimate of drug-likeness (QED) is 0.812. The number of anilines is 1. The van der Waals surface area contributed by atoms with Gasteiger partial charge in [0.2, 0.25) is 0 Å². The minimum absolute atomic E-state index is 0.0704. The van der Waals surface area contributed by atoms with Crippen molar-refractivity contribution in [1.82, 2.24) is 10.2 Å². The van der Waals surface area contributed by atoms with Crippen LogP contribution in [0.5, 0.6) is 0 Å². The van der Waals surface area contributed by atoms with E-state index in [2.05, 4.69) is 22.6 Å². The third kappa shape index (κ3) is 4.74. The molecule has 0 radical (unpaired) electrons. The van der Waals surface area contributed by atoms with Gasteiger partial charge in [-0.3, -0.25) is 9.59 Å². The SMILES string of the molecule is Cc1cc(NC(=O)c2ccco2)sc1C(=O)NCCC1CCN(C)CC1. The first-order chi connectivity index (χ1) is 12.5. The highest BCUT2D eigenvalue weighted by Crippen LogP contribution is 2.27. The van der Waals surface area contributed by atoms with Gasteiger partial charge in [-0.25, -0.2) is 0 Å². The Bertz CT molecular complexity index is 746. The standard InChI is InChI=1S/C19H25N3O3S/c1-13-12-16(21-18(23)15-4-3-11-25-15)26-17(13)19(24)20-8-5-14-6-9-22(2)10-7-14/h3-4,11-12,14H,5-10H2,1-2H3,(H,20,24)(H,21,23). The van der Waals surface area contributed by atoms with Crippen molar-refractivity contribution in [1.29, 1.82) is 0 Å². The zero-order chi connectivity index (χ0) is 18.5. The summed E-state index contributed by atoms with van der Waals surface area (Å²) in [7, 11) is 2.15. The molecule has 0 saturated carbocycles. The van der Waals surface area contributed by atoms with E-state index < -0.39 is 0 Å². The zero-order valence-electron chi connectivity index (χ0n) is 15.2. The van der Waals surface area contributed by atoms with E-state index >= 15 is 0 Å². The topological polar surface area (TPSA) is 74.6 Å². The molecule has 2 aromatic heterocycles. The Kier molecular flexibility index (Phi) is 6.11. The van der Waals surface area contributed by atoms with Crippen molar-refractivity contribution in [3.63, 3.8) is 0 Å². The normalized spacial score (nSPS) is 15.8. The van der Waals surface area contributed by atoms with E-state index in [1.165, 1.54) is 30.4 Å². The fourth-order valence-electron chi connectivity index (χ4n) is 3.17. The predicted molar refractivity (Wildman–Crippen MR) is 103 cm³/mol. The molecule has 0 unspecified atom stereocenters. The van der Waals surface area contributed by atoms with Gasteiger partial charge in [0, 0.05) is 6.54 Å². The summed E-state index contributed by atoms with van der Waals surface area (Å²) in [5.41, 5.74) is 0.863. The van der Waals surface area contributed by atoms with E-state index in [0.717, 1.165) is 25.1 Å². The lowest BCUT2D eigenvalue weighted by molar-refractivity contribution is 0.0951. The number of piperidine rings is 1. The van der Waals surface area contributed by atoms with E-state index in [9.17, 15) is 9.59 Å². The van der Waals surface area contributed by atoms with Gasteiger partial charge in [0.1, 0.15) is 0 Å². The van der Waals surface area contributed by atoms with Crippen LogP contribution in [0.4, 0.5) is 5.00 Å². The van der Waals surface area contributed by atoms with E-state index in [-0.39, 0.29) is 17.6 Å².